The van der Waals surface area contributed by atoms with E-state index in [1.807, 2.05) is 21.1 Å². The molecular weight excluding hydrogens is 746 g/mol. The molecule has 0 aliphatic heterocycles. The number of rotatable bonds is 43. The molecule has 0 heterocycles. The quantitative estimate of drug-likeness (QED) is 0.0215. The van der Waals surface area contributed by atoms with Crippen LogP contribution in [0.3, 0.4) is 0 Å². The summed E-state index contributed by atoms with van der Waals surface area (Å²) in [6, 6.07) is 0. The number of hydrogen-bond donors (Lipinski definition) is 1. The maximum atomic E-state index is 12.7. The van der Waals surface area contributed by atoms with Crippen LogP contribution >= 0.6 is 7.82 Å². The summed E-state index contributed by atoms with van der Waals surface area (Å²) < 4.78 is 34.9. The van der Waals surface area contributed by atoms with Gasteiger partial charge >= 0.3 is 13.8 Å². The summed E-state index contributed by atoms with van der Waals surface area (Å²) in [6.45, 7) is 5.29. The summed E-state index contributed by atoms with van der Waals surface area (Å²) in [7, 11) is 1.62. The minimum atomic E-state index is -4.30. The molecule has 0 spiro atoms. The second-order valence-electron chi connectivity index (χ2n) is 16.8. The van der Waals surface area contributed by atoms with Gasteiger partial charge in [0.05, 0.1) is 41.0 Å². The van der Waals surface area contributed by atoms with E-state index in [1.54, 1.807) is 0 Å². The number of hydrogen-bond acceptors (Lipinski definition) is 6. The van der Waals surface area contributed by atoms with E-state index >= 15 is 0 Å². The summed E-state index contributed by atoms with van der Waals surface area (Å²) >= 11 is 0. The van der Waals surface area contributed by atoms with Crippen molar-refractivity contribution in [3.63, 3.8) is 0 Å². The van der Waals surface area contributed by atoms with Gasteiger partial charge in [-0.2, -0.15) is 0 Å². The lowest BCUT2D eigenvalue weighted by Crippen LogP contribution is -2.37. The molecule has 0 fully saturated rings. The number of allylic oxidation sites excluding steroid dienone is 9. The molecule has 0 saturated heterocycles. The smallest absolute Gasteiger partial charge is 0.457 e. The molecule has 0 aromatic rings. The van der Waals surface area contributed by atoms with Crippen molar-refractivity contribution in [2.45, 2.75) is 193 Å². The van der Waals surface area contributed by atoms with Crippen molar-refractivity contribution < 1.29 is 37.3 Å². The highest BCUT2D eigenvalue weighted by atomic mass is 31.2. The lowest BCUT2D eigenvalue weighted by Gasteiger charge is -2.24. The zero-order chi connectivity index (χ0) is 42.7. The van der Waals surface area contributed by atoms with Crippen LogP contribution in [0.2, 0.25) is 0 Å². The lowest BCUT2D eigenvalue weighted by molar-refractivity contribution is -0.870. The molecule has 8 nitrogen and oxygen atoms in total. The number of carbonyl (C=O) groups is 1. The van der Waals surface area contributed by atoms with Crippen LogP contribution in [0.4, 0.5) is 0 Å². The van der Waals surface area contributed by atoms with E-state index in [-0.39, 0.29) is 25.8 Å². The Kier molecular flexibility index (Phi) is 40.6. The minimum Gasteiger partial charge on any atom is -0.457 e. The molecule has 1 N–H and O–H groups in total. The van der Waals surface area contributed by atoms with Gasteiger partial charge in [0.15, 0.2) is 0 Å². The van der Waals surface area contributed by atoms with Gasteiger partial charge in [0.2, 0.25) is 0 Å². The van der Waals surface area contributed by atoms with Gasteiger partial charge in [-0.15, -0.1) is 0 Å². The predicted molar refractivity (Wildman–Crippen MR) is 247 cm³/mol. The fourth-order valence-corrected chi connectivity index (χ4v) is 7.01. The number of likely N-dealkylation sites (N-methyl/N-ethyl adjacent to an activating group) is 1. The first kappa shape index (κ1) is 56.2. The number of unbranched alkanes of at least 4 members (excludes halogenated alkanes) is 19. The second-order valence-corrected chi connectivity index (χ2v) is 18.2. The van der Waals surface area contributed by atoms with E-state index in [4.69, 9.17) is 18.5 Å². The zero-order valence-electron chi connectivity index (χ0n) is 38.3. The molecule has 338 valence electrons. The number of ether oxygens (including phenoxy) is 2. The van der Waals surface area contributed by atoms with Crippen LogP contribution in [0.1, 0.15) is 187 Å². The topological polar surface area (TPSA) is 91.3 Å². The standard InChI is InChI=1S/C49H90NO7P/c1-6-8-10-12-14-16-18-20-22-24-25-26-27-28-30-32-34-36-38-40-42-49(51)57-48(47-56-58(52,53)55-45-43-50(3,4)5)46-54-44-41-39-37-35-33-31-29-23-21-19-17-15-13-11-9-7-2/h9,11,15,17,21,23,31,33,37,39,48H,6-8,10,12-14,16,18-20,22,24-30,32,34-36,38,40-47H2,1-5H3/p+1/b11-9-,17-15-,23-21-,33-31-,39-37-. The van der Waals surface area contributed by atoms with Crippen molar-refractivity contribution in [1.29, 1.82) is 0 Å². The number of phosphoric acid groups is 1. The van der Waals surface area contributed by atoms with Crippen molar-refractivity contribution in [3.8, 4) is 0 Å². The highest BCUT2D eigenvalue weighted by Gasteiger charge is 2.26. The second kappa shape index (κ2) is 41.9. The summed E-state index contributed by atoms with van der Waals surface area (Å²) in [4.78, 5) is 22.9. The highest BCUT2D eigenvalue weighted by Crippen LogP contribution is 2.43. The molecule has 0 rings (SSSR count). The maximum absolute atomic E-state index is 12.7. The van der Waals surface area contributed by atoms with Crippen LogP contribution in [-0.4, -0.2) is 75.6 Å². The zero-order valence-corrected chi connectivity index (χ0v) is 39.2. The molecule has 0 aliphatic rings. The third kappa shape index (κ3) is 45.3. The average molecular weight is 837 g/mol. The number of phosphoric ester groups is 1. The first-order chi connectivity index (χ1) is 28.1. The largest absolute Gasteiger partial charge is 0.472 e. The van der Waals surface area contributed by atoms with Crippen molar-refractivity contribution >= 4 is 13.8 Å². The van der Waals surface area contributed by atoms with Crippen LogP contribution in [0, 0.1) is 0 Å². The van der Waals surface area contributed by atoms with Gasteiger partial charge in [0.25, 0.3) is 0 Å². The fraction of sp³-hybridized carbons (Fsp3) is 0.776. The number of carbonyl (C=O) groups excluding carboxylic acids is 1. The highest BCUT2D eigenvalue weighted by molar-refractivity contribution is 7.47. The van der Waals surface area contributed by atoms with Crippen molar-refractivity contribution in [3.05, 3.63) is 60.8 Å². The first-order valence-electron chi connectivity index (χ1n) is 23.5. The SMILES string of the molecule is CC/C=C\C/C=C\C/C=C\C/C=C\C/C=C\CCOCC(COP(=O)(O)OCC[N+](C)(C)C)OC(=O)CCCCCCCCCCCCCCCCCCCCCC. The number of esters is 1. The lowest BCUT2D eigenvalue weighted by atomic mass is 10.0. The van der Waals surface area contributed by atoms with E-state index in [9.17, 15) is 14.3 Å². The Hall–Kier alpha value is -1.80. The summed E-state index contributed by atoms with van der Waals surface area (Å²) in [6.07, 6.45) is 52.9. The van der Waals surface area contributed by atoms with E-state index in [1.165, 1.54) is 109 Å². The number of nitrogens with zero attached hydrogens (tertiary/aromatic N) is 1. The van der Waals surface area contributed by atoms with Crippen molar-refractivity contribution in [1.82, 2.24) is 0 Å². The Balaban J connectivity index is 4.26. The summed E-state index contributed by atoms with van der Waals surface area (Å²) in [5.74, 6) is -0.337. The van der Waals surface area contributed by atoms with Gasteiger partial charge in [-0.25, -0.2) is 4.57 Å². The molecule has 0 amide bonds. The van der Waals surface area contributed by atoms with Crippen LogP contribution in [0.25, 0.3) is 0 Å². The van der Waals surface area contributed by atoms with Crippen LogP contribution in [0.15, 0.2) is 60.8 Å². The van der Waals surface area contributed by atoms with Crippen LogP contribution in [-0.2, 0) is 27.9 Å². The van der Waals surface area contributed by atoms with Gasteiger partial charge in [-0.3, -0.25) is 13.8 Å². The summed E-state index contributed by atoms with van der Waals surface area (Å²) in [5.41, 5.74) is 0. The van der Waals surface area contributed by atoms with Gasteiger partial charge in [-0.1, -0.05) is 197 Å². The molecule has 0 aromatic carbocycles. The van der Waals surface area contributed by atoms with Gasteiger partial charge in [0, 0.05) is 6.42 Å². The van der Waals surface area contributed by atoms with Gasteiger partial charge in [0.1, 0.15) is 19.3 Å². The van der Waals surface area contributed by atoms with Crippen molar-refractivity contribution in [2.24, 2.45) is 0 Å². The molecule has 2 atom stereocenters. The molecule has 58 heavy (non-hydrogen) atoms. The van der Waals surface area contributed by atoms with Crippen molar-refractivity contribution in [2.75, 3.05) is 54.1 Å². The van der Waals surface area contributed by atoms with Crippen LogP contribution < -0.4 is 0 Å². The predicted octanol–water partition coefficient (Wildman–Crippen LogP) is 14.1. The molecule has 2 unspecified atom stereocenters. The van der Waals surface area contributed by atoms with Crippen LogP contribution in [0.5, 0.6) is 0 Å². The Morgan fingerprint density at radius 2 is 0.966 bits per heavy atom. The third-order valence-electron chi connectivity index (χ3n) is 9.86. The fourth-order valence-electron chi connectivity index (χ4n) is 6.26. The Labute approximate surface area is 358 Å². The normalized spacial score (nSPS) is 14.2. The molecular formula is C49H91NO7P+. The Morgan fingerprint density at radius 3 is 1.40 bits per heavy atom. The molecule has 9 heteroatoms. The maximum Gasteiger partial charge on any atom is 0.472 e. The van der Waals surface area contributed by atoms with Gasteiger partial charge < -0.3 is 18.9 Å². The molecule has 0 saturated carbocycles. The molecule has 0 bridgehead atoms. The number of quaternary nitrogens is 1. The minimum absolute atomic E-state index is 0.0743. The Morgan fingerprint density at radius 1 is 0.552 bits per heavy atom. The van der Waals surface area contributed by atoms with E-state index in [2.05, 4.69) is 74.6 Å². The monoisotopic (exact) mass is 837 g/mol. The molecule has 0 radical (unpaired) electrons. The van der Waals surface area contributed by atoms with E-state index < -0.39 is 13.9 Å². The van der Waals surface area contributed by atoms with Gasteiger partial charge in [-0.05, 0) is 44.9 Å². The van der Waals surface area contributed by atoms with E-state index in [0.717, 1.165) is 51.4 Å². The Bertz CT molecular complexity index is 1110. The first-order valence-corrected chi connectivity index (χ1v) is 25.0. The molecule has 0 aliphatic carbocycles. The third-order valence-corrected chi connectivity index (χ3v) is 10.8. The molecule has 0 aromatic heterocycles. The summed E-state index contributed by atoms with van der Waals surface area (Å²) in [5, 5.41) is 0. The van der Waals surface area contributed by atoms with E-state index in [0.29, 0.717) is 30.5 Å². The average Bonchev–Trinajstić information content (AvgIpc) is 3.18.